The van der Waals surface area contributed by atoms with E-state index in [0.717, 1.165) is 44.5 Å². The Morgan fingerprint density at radius 1 is 1.00 bits per heavy atom. The van der Waals surface area contributed by atoms with Crippen molar-refractivity contribution in [3.63, 3.8) is 0 Å². The fraction of sp³-hybridized carbons (Fsp3) is 0.320. The third-order valence-electron chi connectivity index (χ3n) is 5.76. The van der Waals surface area contributed by atoms with Gasteiger partial charge in [-0.3, -0.25) is 4.79 Å². The van der Waals surface area contributed by atoms with Crippen LogP contribution >= 0.6 is 22.6 Å². The van der Waals surface area contributed by atoms with E-state index in [1.54, 1.807) is 6.20 Å². The zero-order valence-electron chi connectivity index (χ0n) is 17.4. The van der Waals surface area contributed by atoms with Crippen molar-refractivity contribution in [2.75, 3.05) is 5.32 Å². The summed E-state index contributed by atoms with van der Waals surface area (Å²) in [5, 5.41) is 12.3. The van der Waals surface area contributed by atoms with Gasteiger partial charge in [-0.15, -0.1) is 0 Å². The molecule has 160 valence electrons. The molecule has 1 saturated carbocycles. The van der Waals surface area contributed by atoms with E-state index in [2.05, 4.69) is 32.9 Å². The number of aliphatic hydroxyl groups is 1. The van der Waals surface area contributed by atoms with Crippen LogP contribution in [0.3, 0.4) is 0 Å². The van der Waals surface area contributed by atoms with Gasteiger partial charge in [-0.05, 0) is 58.7 Å². The summed E-state index contributed by atoms with van der Waals surface area (Å²) in [6, 6.07) is 15.7. The van der Waals surface area contributed by atoms with Crippen LogP contribution in [0.2, 0.25) is 0 Å². The van der Waals surface area contributed by atoms with Gasteiger partial charge in [-0.25, -0.2) is 9.97 Å². The van der Waals surface area contributed by atoms with Gasteiger partial charge in [0.2, 0.25) is 5.91 Å². The lowest BCUT2D eigenvalue weighted by atomic mass is 9.86. The number of benzene rings is 2. The Labute approximate surface area is 196 Å². The first-order valence-electron chi connectivity index (χ1n) is 10.7. The third-order valence-corrected chi connectivity index (χ3v) is 6.48. The second kappa shape index (κ2) is 10.3. The predicted octanol–water partition coefficient (Wildman–Crippen LogP) is 5.47. The second-order valence-electron chi connectivity index (χ2n) is 8.03. The van der Waals surface area contributed by atoms with Crippen molar-refractivity contribution in [3.05, 3.63) is 75.1 Å². The zero-order valence-corrected chi connectivity index (χ0v) is 19.5. The molecule has 0 bridgehead atoms. The minimum Gasteiger partial charge on any atom is -0.392 e. The van der Waals surface area contributed by atoms with Crippen LogP contribution in [0.25, 0.3) is 11.3 Å². The van der Waals surface area contributed by atoms with Crippen molar-refractivity contribution in [1.29, 1.82) is 0 Å². The topological polar surface area (TPSA) is 75.1 Å². The molecular formula is C25H26IN3O2. The van der Waals surface area contributed by atoms with Crippen LogP contribution in [0.1, 0.15) is 54.8 Å². The Bertz CT molecular complexity index is 1030. The largest absolute Gasteiger partial charge is 0.392 e. The highest BCUT2D eigenvalue weighted by Crippen LogP contribution is 2.35. The SMILES string of the molecule is O=C(Cc1ccc(I)cc1)Nc1ncc(-c2ccc(CO)cc2)nc1C1CCCCC1. The summed E-state index contributed by atoms with van der Waals surface area (Å²) in [4.78, 5) is 22.3. The summed E-state index contributed by atoms with van der Waals surface area (Å²) in [6.45, 7) is 0.0187. The molecule has 0 saturated heterocycles. The predicted molar refractivity (Wildman–Crippen MR) is 131 cm³/mol. The first-order chi connectivity index (χ1) is 15.1. The molecule has 5 nitrogen and oxygen atoms in total. The highest BCUT2D eigenvalue weighted by molar-refractivity contribution is 14.1. The van der Waals surface area contributed by atoms with Gasteiger partial charge in [-0.2, -0.15) is 0 Å². The van der Waals surface area contributed by atoms with E-state index in [4.69, 9.17) is 4.98 Å². The Balaban J connectivity index is 1.59. The lowest BCUT2D eigenvalue weighted by molar-refractivity contribution is -0.115. The molecule has 3 aromatic rings. The number of aromatic nitrogens is 2. The fourth-order valence-corrected chi connectivity index (χ4v) is 4.40. The number of carbonyl (C=O) groups is 1. The second-order valence-corrected chi connectivity index (χ2v) is 9.28. The van der Waals surface area contributed by atoms with Gasteiger partial charge in [-0.1, -0.05) is 55.7 Å². The zero-order chi connectivity index (χ0) is 21.6. The molecule has 31 heavy (non-hydrogen) atoms. The summed E-state index contributed by atoms with van der Waals surface area (Å²) in [5.41, 5.74) is 4.48. The molecule has 0 spiro atoms. The molecule has 1 amide bonds. The highest BCUT2D eigenvalue weighted by Gasteiger charge is 2.23. The number of amides is 1. The van der Waals surface area contributed by atoms with E-state index in [1.807, 2.05) is 48.5 Å². The lowest BCUT2D eigenvalue weighted by Crippen LogP contribution is -2.19. The first kappa shape index (κ1) is 21.9. The van der Waals surface area contributed by atoms with Crippen LogP contribution in [0.15, 0.2) is 54.7 Å². The Morgan fingerprint density at radius 3 is 2.35 bits per heavy atom. The molecule has 0 atom stereocenters. The standard InChI is InChI=1S/C25H26IN3O2/c26-21-12-8-17(9-13-21)14-23(31)29-25-24(20-4-2-1-3-5-20)28-22(15-27-25)19-10-6-18(16-30)7-11-19/h6-13,15,20,30H,1-5,14,16H2,(H,27,29,31). The minimum atomic E-state index is -0.0763. The summed E-state index contributed by atoms with van der Waals surface area (Å²) in [7, 11) is 0. The molecule has 1 fully saturated rings. The molecule has 0 unspecified atom stereocenters. The van der Waals surface area contributed by atoms with Gasteiger partial charge in [0, 0.05) is 15.1 Å². The molecule has 1 aromatic heterocycles. The maximum absolute atomic E-state index is 12.7. The van der Waals surface area contributed by atoms with Crippen molar-refractivity contribution < 1.29 is 9.90 Å². The lowest BCUT2D eigenvalue weighted by Gasteiger charge is -2.23. The number of anilines is 1. The van der Waals surface area contributed by atoms with Crippen molar-refractivity contribution in [2.24, 2.45) is 0 Å². The molecular weight excluding hydrogens is 501 g/mol. The van der Waals surface area contributed by atoms with Crippen molar-refractivity contribution in [1.82, 2.24) is 9.97 Å². The quantitative estimate of drug-likeness (QED) is 0.417. The molecule has 2 N–H and O–H groups in total. The molecule has 1 aliphatic carbocycles. The van der Waals surface area contributed by atoms with Crippen molar-refractivity contribution >= 4 is 34.3 Å². The number of nitrogens with zero attached hydrogens (tertiary/aromatic N) is 2. The van der Waals surface area contributed by atoms with Crippen LogP contribution in [0.4, 0.5) is 5.82 Å². The van der Waals surface area contributed by atoms with Gasteiger partial charge in [0.05, 0.1) is 30.6 Å². The summed E-state index contributed by atoms with van der Waals surface area (Å²) >= 11 is 2.26. The van der Waals surface area contributed by atoms with Crippen LogP contribution in [-0.2, 0) is 17.8 Å². The minimum absolute atomic E-state index is 0.0187. The summed E-state index contributed by atoms with van der Waals surface area (Å²) in [5.74, 6) is 0.817. The monoisotopic (exact) mass is 527 g/mol. The molecule has 1 aliphatic rings. The number of hydrogen-bond acceptors (Lipinski definition) is 4. The van der Waals surface area contributed by atoms with Crippen LogP contribution in [0.5, 0.6) is 0 Å². The number of nitrogens with one attached hydrogen (secondary N) is 1. The molecule has 1 heterocycles. The molecule has 0 radical (unpaired) electrons. The average molecular weight is 527 g/mol. The number of rotatable bonds is 6. The summed E-state index contributed by atoms with van der Waals surface area (Å²) < 4.78 is 1.15. The highest BCUT2D eigenvalue weighted by atomic mass is 127. The summed E-state index contributed by atoms with van der Waals surface area (Å²) in [6.07, 6.45) is 7.79. The van der Waals surface area contributed by atoms with E-state index >= 15 is 0 Å². The number of hydrogen-bond donors (Lipinski definition) is 2. The van der Waals surface area contributed by atoms with Gasteiger partial charge in [0.25, 0.3) is 0 Å². The van der Waals surface area contributed by atoms with E-state index in [9.17, 15) is 9.90 Å². The van der Waals surface area contributed by atoms with Gasteiger partial charge in [0.1, 0.15) is 0 Å². The smallest absolute Gasteiger partial charge is 0.229 e. The average Bonchev–Trinajstić information content (AvgIpc) is 2.81. The van der Waals surface area contributed by atoms with Gasteiger partial charge >= 0.3 is 0 Å². The fourth-order valence-electron chi connectivity index (χ4n) is 4.04. The van der Waals surface area contributed by atoms with E-state index in [0.29, 0.717) is 18.2 Å². The third kappa shape index (κ3) is 5.68. The maximum atomic E-state index is 12.7. The van der Waals surface area contributed by atoms with Crippen LogP contribution in [-0.4, -0.2) is 21.0 Å². The number of aliphatic hydroxyl groups excluding tert-OH is 1. The molecule has 4 rings (SSSR count). The van der Waals surface area contributed by atoms with Gasteiger partial charge < -0.3 is 10.4 Å². The van der Waals surface area contributed by atoms with E-state index < -0.39 is 0 Å². The normalized spacial score (nSPS) is 14.4. The van der Waals surface area contributed by atoms with Crippen LogP contribution < -0.4 is 5.32 Å². The Morgan fingerprint density at radius 2 is 1.68 bits per heavy atom. The molecule has 0 aliphatic heterocycles. The molecule has 6 heteroatoms. The Hall–Kier alpha value is -2.32. The first-order valence-corrected chi connectivity index (χ1v) is 11.8. The Kier molecular flexibility index (Phi) is 7.29. The van der Waals surface area contributed by atoms with E-state index in [-0.39, 0.29) is 12.5 Å². The van der Waals surface area contributed by atoms with Crippen molar-refractivity contribution in [3.8, 4) is 11.3 Å². The van der Waals surface area contributed by atoms with Crippen LogP contribution in [0, 0.1) is 3.57 Å². The van der Waals surface area contributed by atoms with Gasteiger partial charge in [0.15, 0.2) is 5.82 Å². The van der Waals surface area contributed by atoms with Crippen molar-refractivity contribution in [2.45, 2.75) is 51.0 Å². The maximum Gasteiger partial charge on any atom is 0.229 e. The van der Waals surface area contributed by atoms with E-state index in [1.165, 1.54) is 19.3 Å². The number of halogens is 1. The molecule has 2 aromatic carbocycles. The number of carbonyl (C=O) groups excluding carboxylic acids is 1.